The third kappa shape index (κ3) is 3.53. The van der Waals surface area contributed by atoms with Crippen molar-refractivity contribution in [1.82, 2.24) is 10.3 Å². The van der Waals surface area contributed by atoms with Gasteiger partial charge in [0.1, 0.15) is 5.69 Å². The Morgan fingerprint density at radius 1 is 1.38 bits per heavy atom. The summed E-state index contributed by atoms with van der Waals surface area (Å²) in [4.78, 5) is 18.5. The second-order valence-corrected chi connectivity index (χ2v) is 6.21. The highest BCUT2D eigenvalue weighted by Gasteiger charge is 2.16. The number of nitrogens with one attached hydrogen (secondary N) is 2. The molecule has 2 rings (SSSR count). The molecule has 0 fully saturated rings. The SMILES string of the molecule is CNC(N)=NC(=O)c1cc2c(S(C)(=O)=O)cccc2[nH]1.Cl. The molecule has 21 heavy (non-hydrogen) atoms. The molecule has 0 bridgehead atoms. The van der Waals surface area contributed by atoms with E-state index in [0.717, 1.165) is 6.26 Å². The molecule has 0 aliphatic heterocycles. The summed E-state index contributed by atoms with van der Waals surface area (Å²) in [6.45, 7) is 0. The van der Waals surface area contributed by atoms with E-state index in [1.54, 1.807) is 19.2 Å². The van der Waals surface area contributed by atoms with E-state index in [2.05, 4.69) is 15.3 Å². The van der Waals surface area contributed by atoms with Gasteiger partial charge in [-0.05, 0) is 18.2 Å². The van der Waals surface area contributed by atoms with E-state index in [1.165, 1.54) is 12.1 Å². The van der Waals surface area contributed by atoms with Crippen LogP contribution in [0.4, 0.5) is 0 Å². The molecule has 0 atom stereocenters. The molecule has 0 radical (unpaired) electrons. The molecule has 9 heteroatoms. The molecule has 1 aromatic carbocycles. The van der Waals surface area contributed by atoms with Gasteiger partial charge >= 0.3 is 0 Å². The summed E-state index contributed by atoms with van der Waals surface area (Å²) in [6.07, 6.45) is 1.12. The number of guanidine groups is 1. The van der Waals surface area contributed by atoms with E-state index >= 15 is 0 Å². The lowest BCUT2D eigenvalue weighted by Crippen LogP contribution is -2.28. The van der Waals surface area contributed by atoms with Crippen molar-refractivity contribution in [2.24, 2.45) is 10.7 Å². The number of carbonyl (C=O) groups excluding carboxylic acids is 1. The average molecular weight is 331 g/mol. The maximum Gasteiger partial charge on any atom is 0.296 e. The summed E-state index contributed by atoms with van der Waals surface area (Å²) in [6, 6.07) is 6.24. The molecule has 7 nitrogen and oxygen atoms in total. The number of aliphatic imine (C=N–C) groups is 1. The zero-order valence-electron chi connectivity index (χ0n) is 11.4. The summed E-state index contributed by atoms with van der Waals surface area (Å²) < 4.78 is 23.4. The Kier molecular flexibility index (Phi) is 4.97. The number of H-pyrrole nitrogens is 1. The molecule has 4 N–H and O–H groups in total. The number of rotatable bonds is 2. The minimum Gasteiger partial charge on any atom is -0.370 e. The zero-order chi connectivity index (χ0) is 14.9. The Labute approximate surface area is 128 Å². The van der Waals surface area contributed by atoms with Gasteiger partial charge in [-0.25, -0.2) is 8.42 Å². The van der Waals surface area contributed by atoms with Gasteiger partial charge in [-0.2, -0.15) is 4.99 Å². The predicted octanol–water partition coefficient (Wildman–Crippen LogP) is 0.668. The van der Waals surface area contributed by atoms with Crippen molar-refractivity contribution in [2.45, 2.75) is 4.90 Å². The fourth-order valence-corrected chi connectivity index (χ4v) is 2.69. The van der Waals surface area contributed by atoms with Crippen LogP contribution in [0.2, 0.25) is 0 Å². The highest BCUT2D eigenvalue weighted by molar-refractivity contribution is 7.91. The fraction of sp³-hybridized carbons (Fsp3) is 0.167. The number of aromatic nitrogens is 1. The number of aromatic amines is 1. The Bertz CT molecular complexity index is 811. The van der Waals surface area contributed by atoms with Crippen LogP contribution in [-0.4, -0.2) is 38.6 Å². The van der Waals surface area contributed by atoms with Crippen LogP contribution in [0.1, 0.15) is 10.5 Å². The lowest BCUT2D eigenvalue weighted by atomic mass is 10.2. The molecule has 114 valence electrons. The number of hydrogen-bond acceptors (Lipinski definition) is 3. The number of hydrogen-bond donors (Lipinski definition) is 3. The number of sulfone groups is 1. The number of benzene rings is 1. The van der Waals surface area contributed by atoms with E-state index in [9.17, 15) is 13.2 Å². The van der Waals surface area contributed by atoms with Gasteiger partial charge in [0, 0.05) is 24.2 Å². The maximum absolute atomic E-state index is 11.9. The van der Waals surface area contributed by atoms with Crippen LogP contribution in [-0.2, 0) is 9.84 Å². The van der Waals surface area contributed by atoms with Gasteiger partial charge in [0.25, 0.3) is 5.91 Å². The third-order valence-corrected chi connectivity index (χ3v) is 3.89. The number of carbonyl (C=O) groups is 1. The largest absolute Gasteiger partial charge is 0.370 e. The van der Waals surface area contributed by atoms with Crippen LogP contribution < -0.4 is 11.1 Å². The molecule has 1 amide bonds. The first kappa shape index (κ1) is 17.0. The topological polar surface area (TPSA) is 117 Å². The molecule has 0 saturated heterocycles. The smallest absolute Gasteiger partial charge is 0.296 e. The third-order valence-electron chi connectivity index (χ3n) is 2.73. The van der Waals surface area contributed by atoms with Gasteiger partial charge in [0.2, 0.25) is 0 Å². The minimum absolute atomic E-state index is 0. The van der Waals surface area contributed by atoms with Crippen molar-refractivity contribution in [3.8, 4) is 0 Å². The Morgan fingerprint density at radius 2 is 2.05 bits per heavy atom. The molecular formula is C12H15ClN4O3S. The zero-order valence-corrected chi connectivity index (χ0v) is 13.0. The second-order valence-electron chi connectivity index (χ2n) is 4.22. The van der Waals surface area contributed by atoms with Crippen molar-refractivity contribution < 1.29 is 13.2 Å². The second kappa shape index (κ2) is 6.15. The molecule has 0 unspecified atom stereocenters. The summed E-state index contributed by atoms with van der Waals surface area (Å²) in [7, 11) is -1.83. The van der Waals surface area contributed by atoms with Crippen LogP contribution in [0.15, 0.2) is 34.2 Å². The normalized spacial score (nSPS) is 12.0. The number of nitrogens with two attached hydrogens (primary N) is 1. The highest BCUT2D eigenvalue weighted by Crippen LogP contribution is 2.24. The lowest BCUT2D eigenvalue weighted by molar-refractivity contribution is 0.0998. The van der Waals surface area contributed by atoms with Crippen LogP contribution in [0.5, 0.6) is 0 Å². The number of amides is 1. The Balaban J connectivity index is 0.00000220. The predicted molar refractivity (Wildman–Crippen MR) is 83.7 cm³/mol. The summed E-state index contributed by atoms with van der Waals surface area (Å²) >= 11 is 0. The van der Waals surface area contributed by atoms with Gasteiger partial charge in [-0.15, -0.1) is 12.4 Å². The molecule has 1 aromatic heterocycles. The van der Waals surface area contributed by atoms with E-state index < -0.39 is 15.7 Å². The maximum atomic E-state index is 11.9. The Hall–Kier alpha value is -2.06. The highest BCUT2D eigenvalue weighted by atomic mass is 35.5. The average Bonchev–Trinajstić information content (AvgIpc) is 2.80. The van der Waals surface area contributed by atoms with E-state index in [0.29, 0.717) is 10.9 Å². The van der Waals surface area contributed by atoms with Gasteiger partial charge in [-0.1, -0.05) is 6.07 Å². The van der Waals surface area contributed by atoms with Crippen LogP contribution >= 0.6 is 12.4 Å². The molecule has 0 saturated carbocycles. The van der Waals surface area contributed by atoms with Gasteiger partial charge in [0.15, 0.2) is 15.8 Å². The first-order valence-electron chi connectivity index (χ1n) is 5.71. The molecule has 0 aliphatic rings. The summed E-state index contributed by atoms with van der Waals surface area (Å²) in [5.74, 6) is -0.593. The number of nitrogens with zero attached hydrogens (tertiary/aromatic N) is 1. The lowest BCUT2D eigenvalue weighted by Gasteiger charge is -1.98. The van der Waals surface area contributed by atoms with Gasteiger partial charge in [-0.3, -0.25) is 4.79 Å². The van der Waals surface area contributed by atoms with Gasteiger partial charge in [0.05, 0.1) is 4.90 Å². The van der Waals surface area contributed by atoms with Crippen molar-refractivity contribution in [1.29, 1.82) is 0 Å². The van der Waals surface area contributed by atoms with E-state index in [4.69, 9.17) is 5.73 Å². The van der Waals surface area contributed by atoms with E-state index in [-0.39, 0.29) is 29.0 Å². The Morgan fingerprint density at radius 3 is 2.62 bits per heavy atom. The number of halogens is 1. The van der Waals surface area contributed by atoms with Crippen molar-refractivity contribution in [3.63, 3.8) is 0 Å². The van der Waals surface area contributed by atoms with Crippen molar-refractivity contribution >= 4 is 45.0 Å². The van der Waals surface area contributed by atoms with Crippen LogP contribution in [0, 0.1) is 0 Å². The van der Waals surface area contributed by atoms with Gasteiger partial charge < -0.3 is 16.0 Å². The summed E-state index contributed by atoms with van der Waals surface area (Å²) in [5.41, 5.74) is 6.14. The molecular weight excluding hydrogens is 316 g/mol. The summed E-state index contributed by atoms with van der Waals surface area (Å²) in [5, 5.41) is 2.99. The molecule has 0 aliphatic carbocycles. The van der Waals surface area contributed by atoms with Crippen molar-refractivity contribution in [3.05, 3.63) is 30.0 Å². The van der Waals surface area contributed by atoms with Crippen molar-refractivity contribution in [2.75, 3.05) is 13.3 Å². The first-order valence-corrected chi connectivity index (χ1v) is 7.60. The van der Waals surface area contributed by atoms with E-state index in [1.807, 2.05) is 0 Å². The minimum atomic E-state index is -3.37. The fourth-order valence-electron chi connectivity index (χ4n) is 1.79. The molecule has 1 heterocycles. The standard InChI is InChI=1S/C12H14N4O3S.ClH/c1-14-12(13)16-11(17)9-6-7-8(15-9)4-3-5-10(7)20(2,18)19;/h3-6,15H,1-2H3,(H3,13,14,16,17);1H. The molecule has 0 spiro atoms. The first-order chi connectivity index (χ1) is 9.32. The monoisotopic (exact) mass is 330 g/mol. The van der Waals surface area contributed by atoms with Crippen LogP contribution in [0.25, 0.3) is 10.9 Å². The van der Waals surface area contributed by atoms with Crippen LogP contribution in [0.3, 0.4) is 0 Å². The quantitative estimate of drug-likeness (QED) is 0.552. The molecule has 2 aromatic rings. The number of fused-ring (bicyclic) bond motifs is 1.